The number of hydrogen-bond donors (Lipinski definition) is 1. The molecule has 0 aromatic heterocycles. The van der Waals surface area contributed by atoms with E-state index in [2.05, 4.69) is 4.31 Å². The second kappa shape index (κ2) is 7.73. The molecular formula is C14H22N2O3S. The summed E-state index contributed by atoms with van der Waals surface area (Å²) >= 11 is 1.69. The van der Waals surface area contributed by atoms with Gasteiger partial charge in [0.05, 0.1) is 32.3 Å². The van der Waals surface area contributed by atoms with Crippen molar-refractivity contribution in [3.8, 4) is 11.5 Å². The summed E-state index contributed by atoms with van der Waals surface area (Å²) in [7, 11) is 3.38. The van der Waals surface area contributed by atoms with Crippen molar-refractivity contribution in [1.82, 2.24) is 4.31 Å². The summed E-state index contributed by atoms with van der Waals surface area (Å²) < 4.78 is 18.6. The van der Waals surface area contributed by atoms with Crippen LogP contribution in [0.2, 0.25) is 0 Å². The maximum absolute atomic E-state index is 5.64. The van der Waals surface area contributed by atoms with Gasteiger partial charge < -0.3 is 19.9 Å². The van der Waals surface area contributed by atoms with E-state index in [4.69, 9.17) is 19.9 Å². The van der Waals surface area contributed by atoms with E-state index < -0.39 is 0 Å². The summed E-state index contributed by atoms with van der Waals surface area (Å²) in [6.07, 6.45) is 0.780. The summed E-state index contributed by atoms with van der Waals surface area (Å²) in [6, 6.07) is 4.05. The molecule has 0 radical (unpaired) electrons. The number of nitrogens with zero attached hydrogens (tertiary/aromatic N) is 1. The van der Waals surface area contributed by atoms with E-state index in [1.54, 1.807) is 26.2 Å². The first-order valence-electron chi connectivity index (χ1n) is 6.74. The van der Waals surface area contributed by atoms with Crippen LogP contribution >= 0.6 is 11.9 Å². The van der Waals surface area contributed by atoms with Crippen molar-refractivity contribution in [3.63, 3.8) is 0 Å². The molecule has 0 amide bonds. The van der Waals surface area contributed by atoms with Gasteiger partial charge in [-0.25, -0.2) is 4.31 Å². The first-order valence-corrected chi connectivity index (χ1v) is 7.51. The van der Waals surface area contributed by atoms with Gasteiger partial charge >= 0.3 is 0 Å². The Morgan fingerprint density at radius 3 is 2.50 bits per heavy atom. The van der Waals surface area contributed by atoms with Crippen LogP contribution in [-0.2, 0) is 11.2 Å². The lowest BCUT2D eigenvalue weighted by atomic mass is 10.1. The van der Waals surface area contributed by atoms with Gasteiger partial charge in [-0.15, -0.1) is 0 Å². The summed E-state index contributed by atoms with van der Waals surface area (Å²) in [5.41, 5.74) is 6.72. The predicted octanol–water partition coefficient (Wildman–Crippen LogP) is 1.54. The van der Waals surface area contributed by atoms with Crippen LogP contribution in [0.4, 0.5) is 0 Å². The van der Waals surface area contributed by atoms with E-state index in [0.717, 1.165) is 54.7 Å². The Kier molecular flexibility index (Phi) is 5.97. The molecule has 2 rings (SSSR count). The largest absolute Gasteiger partial charge is 0.496 e. The highest BCUT2D eigenvalue weighted by molar-refractivity contribution is 7.97. The molecule has 112 valence electrons. The van der Waals surface area contributed by atoms with E-state index in [1.807, 2.05) is 12.1 Å². The minimum absolute atomic E-state index is 0.593. The second-order valence-corrected chi connectivity index (χ2v) is 5.63. The highest BCUT2D eigenvalue weighted by Gasteiger charge is 2.17. The van der Waals surface area contributed by atoms with Gasteiger partial charge in [-0.3, -0.25) is 0 Å². The lowest BCUT2D eigenvalue weighted by Crippen LogP contribution is -2.30. The Hall–Kier alpha value is -0.950. The molecule has 6 heteroatoms. The zero-order chi connectivity index (χ0) is 14.4. The number of nitrogens with two attached hydrogens (primary N) is 1. The maximum Gasteiger partial charge on any atom is 0.134 e. The third-order valence-corrected chi connectivity index (χ3v) is 4.32. The third-order valence-electron chi connectivity index (χ3n) is 3.18. The van der Waals surface area contributed by atoms with Crippen LogP contribution in [0.5, 0.6) is 11.5 Å². The average Bonchev–Trinajstić information content (AvgIpc) is 2.49. The maximum atomic E-state index is 5.64. The quantitative estimate of drug-likeness (QED) is 0.804. The molecule has 2 N–H and O–H groups in total. The molecule has 1 aromatic carbocycles. The van der Waals surface area contributed by atoms with Crippen molar-refractivity contribution in [1.29, 1.82) is 0 Å². The van der Waals surface area contributed by atoms with Gasteiger partial charge in [-0.2, -0.15) is 0 Å². The Balaban J connectivity index is 2.21. The number of ether oxygens (including phenoxy) is 3. The first-order chi connectivity index (χ1) is 9.78. The first kappa shape index (κ1) is 15.4. The molecule has 0 spiro atoms. The molecule has 0 saturated carbocycles. The minimum Gasteiger partial charge on any atom is -0.496 e. The van der Waals surface area contributed by atoms with E-state index in [9.17, 15) is 0 Å². The van der Waals surface area contributed by atoms with Gasteiger partial charge in [0, 0.05) is 13.1 Å². The Morgan fingerprint density at radius 1 is 1.20 bits per heavy atom. The van der Waals surface area contributed by atoms with E-state index >= 15 is 0 Å². The van der Waals surface area contributed by atoms with Crippen LogP contribution in [0, 0.1) is 0 Å². The molecule has 0 atom stereocenters. The zero-order valence-corrected chi connectivity index (χ0v) is 12.9. The number of methoxy groups -OCH3 is 2. The van der Waals surface area contributed by atoms with Gasteiger partial charge in [0.2, 0.25) is 0 Å². The van der Waals surface area contributed by atoms with E-state index in [0.29, 0.717) is 6.54 Å². The lowest BCUT2D eigenvalue weighted by molar-refractivity contribution is 0.0773. The van der Waals surface area contributed by atoms with Gasteiger partial charge in [0.15, 0.2) is 0 Å². The molecule has 0 bridgehead atoms. The predicted molar refractivity (Wildman–Crippen MR) is 80.6 cm³/mol. The van der Waals surface area contributed by atoms with Crippen LogP contribution in [0.1, 0.15) is 5.56 Å². The second-order valence-electron chi connectivity index (χ2n) is 4.49. The molecule has 0 aliphatic carbocycles. The van der Waals surface area contributed by atoms with Gasteiger partial charge in [-0.1, -0.05) is 0 Å². The van der Waals surface area contributed by atoms with Crippen LogP contribution in [-0.4, -0.2) is 51.4 Å². The van der Waals surface area contributed by atoms with Crippen molar-refractivity contribution in [2.24, 2.45) is 5.73 Å². The van der Waals surface area contributed by atoms with Gasteiger partial charge in [-0.05, 0) is 42.6 Å². The smallest absolute Gasteiger partial charge is 0.134 e. The Labute approximate surface area is 124 Å². The molecule has 1 aliphatic heterocycles. The fraction of sp³-hybridized carbons (Fsp3) is 0.571. The standard InChI is InChI=1S/C14H22N2O3S/c1-17-12-10-14(20-16-5-7-19-8-6-16)13(18-2)9-11(12)3-4-15/h9-10H,3-8,15H2,1-2H3. The topological polar surface area (TPSA) is 57.0 Å². The summed E-state index contributed by atoms with van der Waals surface area (Å²) in [5.74, 6) is 1.73. The van der Waals surface area contributed by atoms with Crippen LogP contribution in [0.3, 0.4) is 0 Å². The van der Waals surface area contributed by atoms with E-state index in [-0.39, 0.29) is 0 Å². The van der Waals surface area contributed by atoms with Gasteiger partial charge in [0.1, 0.15) is 11.5 Å². The molecule has 1 fully saturated rings. The Morgan fingerprint density at radius 2 is 1.90 bits per heavy atom. The Bertz CT molecular complexity index is 437. The molecule has 5 nitrogen and oxygen atoms in total. The summed E-state index contributed by atoms with van der Waals surface area (Å²) in [5, 5.41) is 0. The van der Waals surface area contributed by atoms with Gasteiger partial charge in [0.25, 0.3) is 0 Å². The fourth-order valence-corrected chi connectivity index (χ4v) is 3.13. The van der Waals surface area contributed by atoms with Crippen molar-refractivity contribution in [2.45, 2.75) is 11.3 Å². The monoisotopic (exact) mass is 298 g/mol. The van der Waals surface area contributed by atoms with Crippen molar-refractivity contribution in [2.75, 3.05) is 47.1 Å². The number of benzene rings is 1. The highest BCUT2D eigenvalue weighted by Crippen LogP contribution is 2.37. The van der Waals surface area contributed by atoms with E-state index in [1.165, 1.54) is 0 Å². The molecule has 1 saturated heterocycles. The van der Waals surface area contributed by atoms with Crippen LogP contribution < -0.4 is 15.2 Å². The van der Waals surface area contributed by atoms with Crippen LogP contribution in [0.15, 0.2) is 17.0 Å². The lowest BCUT2D eigenvalue weighted by Gasteiger charge is -2.26. The number of morpholine rings is 1. The zero-order valence-electron chi connectivity index (χ0n) is 12.1. The number of hydrogen-bond acceptors (Lipinski definition) is 6. The molecule has 20 heavy (non-hydrogen) atoms. The minimum atomic E-state index is 0.593. The molecule has 1 aliphatic rings. The molecule has 0 unspecified atom stereocenters. The van der Waals surface area contributed by atoms with Crippen molar-refractivity contribution >= 4 is 11.9 Å². The summed E-state index contributed by atoms with van der Waals surface area (Å²) in [6.45, 7) is 3.98. The third kappa shape index (κ3) is 3.79. The molecule has 1 heterocycles. The SMILES string of the molecule is COc1cc(SN2CCOCC2)c(OC)cc1CCN. The van der Waals surface area contributed by atoms with Crippen molar-refractivity contribution < 1.29 is 14.2 Å². The number of rotatable bonds is 6. The molecule has 1 aromatic rings. The summed E-state index contributed by atoms with van der Waals surface area (Å²) in [4.78, 5) is 1.06. The van der Waals surface area contributed by atoms with Crippen molar-refractivity contribution in [3.05, 3.63) is 17.7 Å². The molecular weight excluding hydrogens is 276 g/mol. The van der Waals surface area contributed by atoms with Crippen LogP contribution in [0.25, 0.3) is 0 Å². The normalized spacial score (nSPS) is 16.1. The average molecular weight is 298 g/mol. The fourth-order valence-electron chi connectivity index (χ4n) is 2.13. The highest BCUT2D eigenvalue weighted by atomic mass is 32.2.